The van der Waals surface area contributed by atoms with Crippen LogP contribution in [0, 0.1) is 11.3 Å². The normalized spacial score (nSPS) is 23.8. The van der Waals surface area contributed by atoms with Crippen molar-refractivity contribution >= 4 is 23.7 Å². The van der Waals surface area contributed by atoms with Crippen LogP contribution in [-0.2, 0) is 24.0 Å². The molecule has 3 fully saturated rings. The summed E-state index contributed by atoms with van der Waals surface area (Å²) in [4.78, 5) is 53.2. The highest BCUT2D eigenvalue weighted by Gasteiger charge is 2.54. The highest BCUT2D eigenvalue weighted by Crippen LogP contribution is 2.43. The fourth-order valence-electron chi connectivity index (χ4n) is 3.68. The molecule has 0 unspecified atom stereocenters. The Morgan fingerprint density at radius 1 is 1.04 bits per heavy atom. The molecule has 3 aliphatic rings. The zero-order chi connectivity index (χ0) is 17.2. The minimum absolute atomic E-state index is 0.0486. The van der Waals surface area contributed by atoms with E-state index in [1.54, 1.807) is 0 Å². The van der Waals surface area contributed by atoms with E-state index in [0.29, 0.717) is 30.4 Å². The summed E-state index contributed by atoms with van der Waals surface area (Å²) in [6.45, 7) is 0.579. The third-order valence-electron chi connectivity index (χ3n) is 5.49. The van der Waals surface area contributed by atoms with E-state index < -0.39 is 23.2 Å². The summed E-state index contributed by atoms with van der Waals surface area (Å²) in [5, 5.41) is 3.42. The van der Waals surface area contributed by atoms with Gasteiger partial charge in [0, 0.05) is 19.4 Å². The van der Waals surface area contributed by atoms with E-state index in [2.05, 4.69) is 5.32 Å². The van der Waals surface area contributed by atoms with E-state index in [0.717, 1.165) is 19.3 Å². The summed E-state index contributed by atoms with van der Waals surface area (Å²) in [6, 6.07) is 0. The highest BCUT2D eigenvalue weighted by molar-refractivity contribution is 6.06. The van der Waals surface area contributed by atoms with Gasteiger partial charge in [-0.15, -0.1) is 5.06 Å². The number of hydroxylamine groups is 2. The molecule has 0 aromatic heterocycles. The first-order valence-electron chi connectivity index (χ1n) is 8.89. The van der Waals surface area contributed by atoms with Gasteiger partial charge >= 0.3 is 5.97 Å². The van der Waals surface area contributed by atoms with Crippen molar-refractivity contribution in [2.45, 2.75) is 64.2 Å². The summed E-state index contributed by atoms with van der Waals surface area (Å²) in [7, 11) is 0. The number of hydrogen-bond acceptors (Lipinski definition) is 5. The molecule has 24 heavy (non-hydrogen) atoms. The fourth-order valence-corrected chi connectivity index (χ4v) is 3.68. The zero-order valence-electron chi connectivity index (χ0n) is 13.8. The summed E-state index contributed by atoms with van der Waals surface area (Å²) < 4.78 is 0. The average Bonchev–Trinajstić information content (AvgIpc) is 2.85. The smallest absolute Gasteiger partial charge is 0.348 e. The minimum Gasteiger partial charge on any atom is -0.355 e. The van der Waals surface area contributed by atoms with Crippen LogP contribution < -0.4 is 5.32 Å². The lowest BCUT2D eigenvalue weighted by molar-refractivity contribution is -0.209. The van der Waals surface area contributed by atoms with Crippen LogP contribution in [0.25, 0.3) is 0 Å². The van der Waals surface area contributed by atoms with Crippen molar-refractivity contribution in [1.29, 1.82) is 0 Å². The van der Waals surface area contributed by atoms with Gasteiger partial charge < -0.3 is 10.2 Å². The Morgan fingerprint density at radius 3 is 2.21 bits per heavy atom. The first-order chi connectivity index (χ1) is 11.5. The SMILES string of the molecule is O=C1CCC(=O)N1OC(=O)C1(C(=O)NCC2CCCCC2)CCC1. The maximum atomic E-state index is 12.6. The molecule has 0 bridgehead atoms. The number of amides is 3. The molecular formula is C17H24N2O5. The molecule has 0 aromatic carbocycles. The first kappa shape index (κ1) is 16.9. The van der Waals surface area contributed by atoms with Crippen molar-refractivity contribution in [2.24, 2.45) is 11.3 Å². The van der Waals surface area contributed by atoms with E-state index in [-0.39, 0.29) is 18.7 Å². The Bertz CT molecular complexity index is 533. The maximum Gasteiger partial charge on any atom is 0.348 e. The van der Waals surface area contributed by atoms with Gasteiger partial charge in [0.15, 0.2) is 0 Å². The molecule has 7 nitrogen and oxygen atoms in total. The molecule has 7 heteroatoms. The van der Waals surface area contributed by atoms with Crippen molar-refractivity contribution in [3.63, 3.8) is 0 Å². The first-order valence-corrected chi connectivity index (χ1v) is 8.89. The van der Waals surface area contributed by atoms with Gasteiger partial charge in [-0.2, -0.15) is 0 Å². The van der Waals surface area contributed by atoms with E-state index in [9.17, 15) is 19.2 Å². The van der Waals surface area contributed by atoms with Gasteiger partial charge in [-0.3, -0.25) is 14.4 Å². The van der Waals surface area contributed by atoms with Crippen molar-refractivity contribution in [1.82, 2.24) is 10.4 Å². The molecule has 1 saturated heterocycles. The average molecular weight is 336 g/mol. The number of carbonyl (C=O) groups excluding carboxylic acids is 4. The molecule has 0 spiro atoms. The molecule has 1 N–H and O–H groups in total. The van der Waals surface area contributed by atoms with Crippen LogP contribution >= 0.6 is 0 Å². The van der Waals surface area contributed by atoms with Gasteiger partial charge in [0.1, 0.15) is 5.41 Å². The second-order valence-electron chi connectivity index (χ2n) is 7.11. The third kappa shape index (κ3) is 3.16. The van der Waals surface area contributed by atoms with Gasteiger partial charge in [-0.25, -0.2) is 4.79 Å². The molecule has 2 saturated carbocycles. The summed E-state index contributed by atoms with van der Waals surface area (Å²) >= 11 is 0. The van der Waals surface area contributed by atoms with Crippen LogP contribution in [-0.4, -0.2) is 35.3 Å². The second kappa shape index (κ2) is 6.91. The Kier molecular flexibility index (Phi) is 4.87. The molecular weight excluding hydrogens is 312 g/mol. The molecule has 0 radical (unpaired) electrons. The Labute approximate surface area is 141 Å². The van der Waals surface area contributed by atoms with Crippen molar-refractivity contribution in [2.75, 3.05) is 6.54 Å². The van der Waals surface area contributed by atoms with Crippen LogP contribution in [0.4, 0.5) is 0 Å². The highest BCUT2D eigenvalue weighted by atomic mass is 16.7. The minimum atomic E-state index is -1.24. The Hall–Kier alpha value is -1.92. The monoisotopic (exact) mass is 336 g/mol. The zero-order valence-corrected chi connectivity index (χ0v) is 13.8. The van der Waals surface area contributed by atoms with Gasteiger partial charge in [-0.05, 0) is 31.6 Å². The van der Waals surface area contributed by atoms with Gasteiger partial charge in [0.25, 0.3) is 11.8 Å². The standard InChI is InChI=1S/C17H24N2O5/c20-13-7-8-14(21)19(13)24-16(23)17(9-4-10-17)15(22)18-11-12-5-2-1-3-6-12/h12H,1-11H2,(H,18,22). The van der Waals surface area contributed by atoms with Crippen LogP contribution in [0.1, 0.15) is 64.2 Å². The molecule has 3 rings (SSSR count). The maximum absolute atomic E-state index is 12.6. The number of hydrogen-bond donors (Lipinski definition) is 1. The molecule has 132 valence electrons. The number of imide groups is 1. The van der Waals surface area contributed by atoms with Crippen LogP contribution in [0.3, 0.4) is 0 Å². The predicted molar refractivity (Wildman–Crippen MR) is 83.0 cm³/mol. The Balaban J connectivity index is 1.58. The number of nitrogens with zero attached hydrogens (tertiary/aromatic N) is 1. The predicted octanol–water partition coefficient (Wildman–Crippen LogP) is 1.46. The van der Waals surface area contributed by atoms with E-state index >= 15 is 0 Å². The van der Waals surface area contributed by atoms with E-state index in [4.69, 9.17) is 4.84 Å². The van der Waals surface area contributed by atoms with Gasteiger partial charge in [-0.1, -0.05) is 25.7 Å². The fraction of sp³-hybridized carbons (Fsp3) is 0.765. The van der Waals surface area contributed by atoms with E-state index in [1.165, 1.54) is 19.3 Å². The van der Waals surface area contributed by atoms with Crippen LogP contribution in [0.5, 0.6) is 0 Å². The quantitative estimate of drug-likeness (QED) is 0.606. The molecule has 0 atom stereocenters. The van der Waals surface area contributed by atoms with Crippen molar-refractivity contribution < 1.29 is 24.0 Å². The Morgan fingerprint density at radius 2 is 1.67 bits per heavy atom. The molecule has 2 aliphatic carbocycles. The lowest BCUT2D eigenvalue weighted by atomic mass is 9.68. The largest absolute Gasteiger partial charge is 0.355 e. The molecule has 1 heterocycles. The second-order valence-corrected chi connectivity index (χ2v) is 7.11. The summed E-state index contributed by atoms with van der Waals surface area (Å²) in [6.07, 6.45) is 7.49. The third-order valence-corrected chi connectivity index (χ3v) is 5.49. The topological polar surface area (TPSA) is 92.8 Å². The van der Waals surface area contributed by atoms with Crippen LogP contribution in [0.15, 0.2) is 0 Å². The number of nitrogens with one attached hydrogen (secondary N) is 1. The molecule has 1 aliphatic heterocycles. The van der Waals surface area contributed by atoms with Gasteiger partial charge in [0.05, 0.1) is 0 Å². The van der Waals surface area contributed by atoms with Crippen molar-refractivity contribution in [3.8, 4) is 0 Å². The van der Waals surface area contributed by atoms with Crippen LogP contribution in [0.2, 0.25) is 0 Å². The lowest BCUT2D eigenvalue weighted by Crippen LogP contribution is -2.54. The number of carbonyl (C=O) groups is 4. The number of rotatable bonds is 5. The summed E-state index contributed by atoms with van der Waals surface area (Å²) in [5.74, 6) is -1.68. The molecule has 3 amide bonds. The lowest BCUT2D eigenvalue weighted by Gasteiger charge is -2.38. The van der Waals surface area contributed by atoms with E-state index in [1.807, 2.05) is 0 Å². The van der Waals surface area contributed by atoms with Gasteiger partial charge in [0.2, 0.25) is 5.91 Å². The summed E-state index contributed by atoms with van der Waals surface area (Å²) in [5.41, 5.74) is -1.24. The molecule has 0 aromatic rings. The van der Waals surface area contributed by atoms with Crippen molar-refractivity contribution in [3.05, 3.63) is 0 Å².